The smallest absolute Gasteiger partial charge is 0.265 e. The van der Waals surface area contributed by atoms with E-state index in [1.54, 1.807) is 36.3 Å². The fraction of sp³-hybridized carbons (Fsp3) is 0.250. The Morgan fingerprint density at radius 1 is 1.36 bits per heavy atom. The van der Waals surface area contributed by atoms with Crippen molar-refractivity contribution in [2.45, 2.75) is 12.6 Å². The van der Waals surface area contributed by atoms with Crippen molar-refractivity contribution in [2.75, 3.05) is 6.61 Å². The number of aromatic nitrogens is 4. The third kappa shape index (κ3) is 3.16. The van der Waals surface area contributed by atoms with Crippen LogP contribution in [0.2, 0.25) is 0 Å². The van der Waals surface area contributed by atoms with E-state index in [1.807, 2.05) is 12.1 Å². The van der Waals surface area contributed by atoms with Crippen LogP contribution >= 0.6 is 0 Å². The van der Waals surface area contributed by atoms with Gasteiger partial charge in [-0.3, -0.25) is 9.48 Å². The third-order valence-corrected chi connectivity index (χ3v) is 3.65. The molecule has 1 aromatic carbocycles. The number of hydrogen-bond donors (Lipinski definition) is 1. The first-order valence-electron chi connectivity index (χ1n) is 7.67. The minimum Gasteiger partial charge on any atom is -0.485 e. The summed E-state index contributed by atoms with van der Waals surface area (Å²) in [6.07, 6.45) is 2.69. The summed E-state index contributed by atoms with van der Waals surface area (Å²) in [5, 5.41) is 10.6. The Morgan fingerprint density at radius 2 is 2.20 bits per heavy atom. The average Bonchev–Trinajstić information content (AvgIpc) is 3.28. The van der Waals surface area contributed by atoms with Crippen molar-refractivity contribution >= 4 is 5.91 Å². The van der Waals surface area contributed by atoms with Crippen molar-refractivity contribution in [1.82, 2.24) is 25.2 Å². The molecule has 9 heteroatoms. The highest BCUT2D eigenvalue weighted by Gasteiger charge is 2.27. The molecule has 3 aromatic rings. The second-order valence-corrected chi connectivity index (χ2v) is 5.50. The summed E-state index contributed by atoms with van der Waals surface area (Å²) in [5.41, 5.74) is 0.740. The largest absolute Gasteiger partial charge is 0.485 e. The monoisotopic (exact) mass is 341 g/mol. The van der Waals surface area contributed by atoms with Crippen LogP contribution in [-0.2, 0) is 18.4 Å². The van der Waals surface area contributed by atoms with Gasteiger partial charge in [-0.25, -0.2) is 0 Å². The lowest BCUT2D eigenvalue weighted by atomic mass is 10.2. The number of ether oxygens (including phenoxy) is 2. The van der Waals surface area contributed by atoms with Gasteiger partial charge in [0.15, 0.2) is 11.5 Å². The molecule has 0 saturated heterocycles. The number of amides is 1. The number of nitrogens with zero attached hydrogens (tertiary/aromatic N) is 4. The normalized spacial score (nSPS) is 15.8. The van der Waals surface area contributed by atoms with Crippen LogP contribution < -0.4 is 14.8 Å². The van der Waals surface area contributed by atoms with Crippen LogP contribution in [0.5, 0.6) is 11.5 Å². The number of nitrogens with one attached hydrogen (secondary N) is 1. The highest BCUT2D eigenvalue weighted by Crippen LogP contribution is 2.30. The van der Waals surface area contributed by atoms with E-state index in [0.717, 1.165) is 5.56 Å². The molecule has 0 saturated carbocycles. The minimum absolute atomic E-state index is 0.105. The van der Waals surface area contributed by atoms with E-state index in [4.69, 9.17) is 14.0 Å². The molecule has 1 amide bonds. The Kier molecular flexibility index (Phi) is 3.81. The zero-order valence-electron chi connectivity index (χ0n) is 13.4. The maximum absolute atomic E-state index is 12.2. The van der Waals surface area contributed by atoms with Crippen LogP contribution in [0, 0.1) is 0 Å². The minimum atomic E-state index is -0.726. The standard InChI is InChI=1S/C16H15N5O4/c1-21-8-10(6-18-21)15-19-14(25-20-15)7-17-16(22)13-9-23-11-4-2-3-5-12(11)24-13/h2-6,8,13H,7,9H2,1H3,(H,17,22)/t13-/m1/s1. The summed E-state index contributed by atoms with van der Waals surface area (Å²) in [5.74, 6) is 1.58. The van der Waals surface area contributed by atoms with Gasteiger partial charge in [0.2, 0.25) is 17.8 Å². The molecule has 1 atom stereocenters. The molecule has 0 aliphatic carbocycles. The van der Waals surface area contributed by atoms with Crippen molar-refractivity contribution in [3.8, 4) is 22.9 Å². The molecule has 25 heavy (non-hydrogen) atoms. The van der Waals surface area contributed by atoms with Gasteiger partial charge >= 0.3 is 0 Å². The Hall–Kier alpha value is -3.36. The fourth-order valence-electron chi connectivity index (χ4n) is 2.41. The molecule has 2 aromatic heterocycles. The van der Waals surface area contributed by atoms with Gasteiger partial charge in [-0.15, -0.1) is 0 Å². The number of hydrogen-bond acceptors (Lipinski definition) is 7. The summed E-state index contributed by atoms with van der Waals surface area (Å²) in [7, 11) is 1.80. The summed E-state index contributed by atoms with van der Waals surface area (Å²) in [6, 6.07) is 7.22. The lowest BCUT2D eigenvalue weighted by Crippen LogP contribution is -2.43. The second-order valence-electron chi connectivity index (χ2n) is 5.50. The van der Waals surface area contributed by atoms with E-state index in [9.17, 15) is 4.79 Å². The Morgan fingerprint density at radius 3 is 3.00 bits per heavy atom. The van der Waals surface area contributed by atoms with Crippen molar-refractivity contribution < 1.29 is 18.8 Å². The lowest BCUT2D eigenvalue weighted by Gasteiger charge is -2.25. The third-order valence-electron chi connectivity index (χ3n) is 3.65. The molecule has 1 N–H and O–H groups in total. The van der Waals surface area contributed by atoms with E-state index in [0.29, 0.717) is 23.2 Å². The maximum atomic E-state index is 12.2. The number of carbonyl (C=O) groups is 1. The van der Waals surface area contributed by atoms with Gasteiger partial charge in [0.05, 0.1) is 18.3 Å². The topological polar surface area (TPSA) is 104 Å². The van der Waals surface area contributed by atoms with Gasteiger partial charge in [0.1, 0.15) is 6.61 Å². The van der Waals surface area contributed by atoms with Crippen LogP contribution in [0.25, 0.3) is 11.4 Å². The summed E-state index contributed by atoms with van der Waals surface area (Å²) in [4.78, 5) is 16.5. The Balaban J connectivity index is 1.36. The van der Waals surface area contributed by atoms with Crippen LogP contribution in [0.4, 0.5) is 0 Å². The number of carbonyl (C=O) groups excluding carboxylic acids is 1. The molecular formula is C16H15N5O4. The van der Waals surface area contributed by atoms with Crippen LogP contribution in [0.15, 0.2) is 41.2 Å². The van der Waals surface area contributed by atoms with Crippen molar-refractivity contribution in [3.63, 3.8) is 0 Å². The van der Waals surface area contributed by atoms with Crippen molar-refractivity contribution in [2.24, 2.45) is 7.05 Å². The molecule has 128 valence electrons. The van der Waals surface area contributed by atoms with Gasteiger partial charge in [-0.2, -0.15) is 10.1 Å². The summed E-state index contributed by atoms with van der Waals surface area (Å²) >= 11 is 0. The number of fused-ring (bicyclic) bond motifs is 1. The maximum Gasteiger partial charge on any atom is 0.265 e. The van der Waals surface area contributed by atoms with E-state index < -0.39 is 6.10 Å². The second kappa shape index (κ2) is 6.27. The van der Waals surface area contributed by atoms with Gasteiger partial charge in [0, 0.05) is 13.2 Å². The summed E-state index contributed by atoms with van der Waals surface area (Å²) < 4.78 is 18.0. The van der Waals surface area contributed by atoms with Crippen LogP contribution in [0.1, 0.15) is 5.89 Å². The molecule has 0 bridgehead atoms. The molecule has 0 unspecified atom stereocenters. The van der Waals surface area contributed by atoms with E-state index in [1.165, 1.54) is 0 Å². The Bertz CT molecular complexity index is 903. The molecular weight excluding hydrogens is 326 g/mol. The first-order valence-corrected chi connectivity index (χ1v) is 7.67. The fourth-order valence-corrected chi connectivity index (χ4v) is 2.41. The number of benzene rings is 1. The summed E-state index contributed by atoms with van der Waals surface area (Å²) in [6.45, 7) is 0.251. The molecule has 0 radical (unpaired) electrons. The molecule has 9 nitrogen and oxygen atoms in total. The molecule has 3 heterocycles. The van der Waals surface area contributed by atoms with Gasteiger partial charge < -0.3 is 19.3 Å². The lowest BCUT2D eigenvalue weighted by molar-refractivity contribution is -0.130. The van der Waals surface area contributed by atoms with Crippen molar-refractivity contribution in [3.05, 3.63) is 42.5 Å². The van der Waals surface area contributed by atoms with Gasteiger partial charge in [-0.1, -0.05) is 17.3 Å². The highest BCUT2D eigenvalue weighted by molar-refractivity contribution is 5.81. The molecule has 0 spiro atoms. The van der Waals surface area contributed by atoms with E-state index in [2.05, 4.69) is 20.6 Å². The first-order chi connectivity index (χ1) is 12.2. The van der Waals surface area contributed by atoms with Crippen molar-refractivity contribution in [1.29, 1.82) is 0 Å². The zero-order valence-corrected chi connectivity index (χ0v) is 13.4. The number of aryl methyl sites for hydroxylation is 1. The van der Waals surface area contributed by atoms with E-state index in [-0.39, 0.29) is 19.1 Å². The van der Waals surface area contributed by atoms with Crippen LogP contribution in [-0.4, -0.2) is 38.5 Å². The van der Waals surface area contributed by atoms with Gasteiger partial charge in [-0.05, 0) is 12.1 Å². The zero-order chi connectivity index (χ0) is 17.2. The van der Waals surface area contributed by atoms with Crippen LogP contribution in [0.3, 0.4) is 0 Å². The molecule has 1 aliphatic heterocycles. The first kappa shape index (κ1) is 15.2. The molecule has 0 fully saturated rings. The predicted octanol–water partition coefficient (Wildman–Crippen LogP) is 0.926. The van der Waals surface area contributed by atoms with Gasteiger partial charge in [0.25, 0.3) is 5.91 Å². The molecule has 1 aliphatic rings. The Labute approximate surface area is 142 Å². The average molecular weight is 341 g/mol. The number of para-hydroxylation sites is 2. The van der Waals surface area contributed by atoms with E-state index >= 15 is 0 Å². The highest BCUT2D eigenvalue weighted by atomic mass is 16.6. The predicted molar refractivity (Wildman–Crippen MR) is 84.7 cm³/mol. The molecule has 4 rings (SSSR count). The number of rotatable bonds is 4. The quantitative estimate of drug-likeness (QED) is 0.752. The SMILES string of the molecule is Cn1cc(-c2noc(CNC(=O)[C@H]3COc4ccccc4O3)n2)cn1.